The van der Waals surface area contributed by atoms with E-state index in [4.69, 9.17) is 25.5 Å². The third kappa shape index (κ3) is 5.43. The summed E-state index contributed by atoms with van der Waals surface area (Å²) in [6.07, 6.45) is 1.67. The summed E-state index contributed by atoms with van der Waals surface area (Å²) >= 11 is 5.92. The fourth-order valence-corrected chi connectivity index (χ4v) is 2.62. The van der Waals surface area contributed by atoms with Crippen LogP contribution in [0.2, 0.25) is 5.02 Å². The van der Waals surface area contributed by atoms with Gasteiger partial charge in [-0.15, -0.1) is 12.4 Å². The molecule has 0 saturated heterocycles. The summed E-state index contributed by atoms with van der Waals surface area (Å²) in [6, 6.07) is 17.3. The van der Waals surface area contributed by atoms with Gasteiger partial charge in [0.25, 0.3) is 0 Å². The summed E-state index contributed by atoms with van der Waals surface area (Å²) in [5, 5.41) is 4.07. The van der Waals surface area contributed by atoms with E-state index in [9.17, 15) is 0 Å². The molecule has 3 rings (SSSR count). The largest absolute Gasteiger partial charge is 0.493 e. The molecule has 26 heavy (non-hydrogen) atoms. The molecule has 3 aromatic rings. The van der Waals surface area contributed by atoms with E-state index in [0.29, 0.717) is 30.5 Å². The van der Waals surface area contributed by atoms with Gasteiger partial charge >= 0.3 is 0 Å². The molecule has 0 amide bonds. The van der Waals surface area contributed by atoms with Gasteiger partial charge in [-0.05, 0) is 35.9 Å². The summed E-state index contributed by atoms with van der Waals surface area (Å²) < 4.78 is 16.8. The molecular weight excluding hydrogens is 373 g/mol. The Hall–Kier alpha value is -2.14. The summed E-state index contributed by atoms with van der Waals surface area (Å²) in [5.41, 5.74) is 2.07. The Kier molecular flexibility index (Phi) is 7.85. The van der Waals surface area contributed by atoms with Gasteiger partial charge in [-0.1, -0.05) is 35.9 Å². The van der Waals surface area contributed by atoms with Crippen LogP contribution < -0.4 is 14.8 Å². The van der Waals surface area contributed by atoms with Crippen LogP contribution >= 0.6 is 24.0 Å². The molecule has 0 saturated carbocycles. The summed E-state index contributed by atoms with van der Waals surface area (Å²) in [6.45, 7) is 1.75. The summed E-state index contributed by atoms with van der Waals surface area (Å²) in [4.78, 5) is 0. The Morgan fingerprint density at radius 1 is 1.00 bits per heavy atom. The minimum atomic E-state index is 0. The first kappa shape index (κ1) is 20.2. The van der Waals surface area contributed by atoms with Crippen LogP contribution in [0.15, 0.2) is 65.3 Å². The average molecular weight is 394 g/mol. The van der Waals surface area contributed by atoms with Crippen molar-refractivity contribution in [3.8, 4) is 11.5 Å². The molecule has 0 unspecified atom stereocenters. The maximum atomic E-state index is 6.04. The first-order chi connectivity index (χ1) is 12.3. The van der Waals surface area contributed by atoms with Gasteiger partial charge in [-0.2, -0.15) is 0 Å². The molecule has 4 nitrogen and oxygen atoms in total. The molecule has 6 heteroatoms. The number of hydrogen-bond acceptors (Lipinski definition) is 4. The van der Waals surface area contributed by atoms with Crippen molar-refractivity contribution in [3.63, 3.8) is 0 Å². The van der Waals surface area contributed by atoms with Crippen LogP contribution in [0.4, 0.5) is 0 Å². The van der Waals surface area contributed by atoms with Crippen LogP contribution in [0.5, 0.6) is 11.5 Å². The molecule has 0 atom stereocenters. The predicted molar refractivity (Wildman–Crippen MR) is 105 cm³/mol. The van der Waals surface area contributed by atoms with E-state index < -0.39 is 0 Å². The van der Waals surface area contributed by atoms with Crippen molar-refractivity contribution in [1.82, 2.24) is 5.32 Å². The summed E-state index contributed by atoms with van der Waals surface area (Å²) in [7, 11) is 1.64. The second kappa shape index (κ2) is 10.1. The molecule has 0 aliphatic heterocycles. The number of hydrogen-bond donors (Lipinski definition) is 1. The number of furan rings is 1. The second-order valence-electron chi connectivity index (χ2n) is 5.55. The fraction of sp³-hybridized carbons (Fsp3) is 0.200. The Morgan fingerprint density at radius 3 is 2.50 bits per heavy atom. The van der Waals surface area contributed by atoms with Crippen LogP contribution in [-0.4, -0.2) is 7.11 Å². The molecule has 0 radical (unpaired) electrons. The minimum absolute atomic E-state index is 0. The van der Waals surface area contributed by atoms with Gasteiger partial charge in [-0.3, -0.25) is 0 Å². The summed E-state index contributed by atoms with van der Waals surface area (Å²) in [5.74, 6) is 2.35. The Morgan fingerprint density at radius 2 is 1.81 bits per heavy atom. The SMILES string of the molecule is COc1cccc(CNCc2ccco2)c1OCc1ccc(Cl)cc1.Cl. The lowest BCUT2D eigenvalue weighted by Crippen LogP contribution is -2.13. The smallest absolute Gasteiger partial charge is 0.166 e. The number of benzene rings is 2. The Bertz CT molecular complexity index is 789. The van der Waals surface area contributed by atoms with Crippen LogP contribution in [-0.2, 0) is 19.7 Å². The van der Waals surface area contributed by atoms with Crippen molar-refractivity contribution in [2.75, 3.05) is 7.11 Å². The van der Waals surface area contributed by atoms with Crippen molar-refractivity contribution in [2.24, 2.45) is 0 Å². The average Bonchev–Trinajstić information content (AvgIpc) is 3.15. The number of ether oxygens (including phenoxy) is 2. The molecule has 0 aliphatic carbocycles. The van der Waals surface area contributed by atoms with E-state index in [1.807, 2.05) is 54.6 Å². The molecule has 0 aliphatic rings. The van der Waals surface area contributed by atoms with E-state index in [1.54, 1.807) is 13.4 Å². The van der Waals surface area contributed by atoms with E-state index in [0.717, 1.165) is 22.6 Å². The maximum absolute atomic E-state index is 6.04. The minimum Gasteiger partial charge on any atom is -0.493 e. The third-order valence-corrected chi connectivity index (χ3v) is 4.02. The van der Waals surface area contributed by atoms with Crippen molar-refractivity contribution in [2.45, 2.75) is 19.7 Å². The number of rotatable bonds is 8. The molecular formula is C20H21Cl2NO3. The molecule has 0 bridgehead atoms. The van der Waals surface area contributed by atoms with E-state index in [-0.39, 0.29) is 12.4 Å². The Labute approximate surface area is 164 Å². The highest BCUT2D eigenvalue weighted by Crippen LogP contribution is 2.32. The topological polar surface area (TPSA) is 43.6 Å². The zero-order valence-electron chi connectivity index (χ0n) is 14.4. The van der Waals surface area contributed by atoms with Crippen LogP contribution in [0, 0.1) is 0 Å². The van der Waals surface area contributed by atoms with Crippen LogP contribution in [0.1, 0.15) is 16.9 Å². The molecule has 2 aromatic carbocycles. The molecule has 0 spiro atoms. The quantitative estimate of drug-likeness (QED) is 0.568. The van der Waals surface area contributed by atoms with Gasteiger partial charge in [0.1, 0.15) is 12.4 Å². The van der Waals surface area contributed by atoms with Gasteiger partial charge < -0.3 is 19.2 Å². The normalized spacial score (nSPS) is 10.2. The van der Waals surface area contributed by atoms with Gasteiger partial charge in [-0.25, -0.2) is 0 Å². The first-order valence-electron chi connectivity index (χ1n) is 8.02. The standard InChI is InChI=1S/C20H20ClNO3.ClH/c1-23-19-6-2-4-16(12-22-13-18-5-3-11-24-18)20(19)25-14-15-7-9-17(21)10-8-15;/h2-11,22H,12-14H2,1H3;1H. The van der Waals surface area contributed by atoms with Crippen molar-refractivity contribution >= 4 is 24.0 Å². The predicted octanol–water partition coefficient (Wildman–Crippen LogP) is 5.23. The van der Waals surface area contributed by atoms with Crippen molar-refractivity contribution < 1.29 is 13.9 Å². The Balaban J connectivity index is 0.00000243. The van der Waals surface area contributed by atoms with Gasteiger partial charge in [0, 0.05) is 17.1 Å². The highest BCUT2D eigenvalue weighted by molar-refractivity contribution is 6.30. The number of halogens is 2. The second-order valence-corrected chi connectivity index (χ2v) is 5.98. The monoisotopic (exact) mass is 393 g/mol. The highest BCUT2D eigenvalue weighted by Gasteiger charge is 2.11. The maximum Gasteiger partial charge on any atom is 0.166 e. The van der Waals surface area contributed by atoms with Gasteiger partial charge in [0.15, 0.2) is 11.5 Å². The van der Waals surface area contributed by atoms with Crippen LogP contribution in [0.25, 0.3) is 0 Å². The molecule has 1 N–H and O–H groups in total. The van der Waals surface area contributed by atoms with E-state index in [2.05, 4.69) is 5.32 Å². The fourth-order valence-electron chi connectivity index (χ4n) is 2.49. The number of para-hydroxylation sites is 1. The zero-order chi connectivity index (χ0) is 17.5. The van der Waals surface area contributed by atoms with E-state index in [1.165, 1.54) is 0 Å². The molecule has 0 fully saturated rings. The third-order valence-electron chi connectivity index (χ3n) is 3.77. The van der Waals surface area contributed by atoms with Crippen molar-refractivity contribution in [1.29, 1.82) is 0 Å². The zero-order valence-corrected chi connectivity index (χ0v) is 16.0. The number of methoxy groups -OCH3 is 1. The lowest BCUT2D eigenvalue weighted by Gasteiger charge is -2.15. The molecule has 1 aromatic heterocycles. The first-order valence-corrected chi connectivity index (χ1v) is 8.40. The van der Waals surface area contributed by atoms with Crippen molar-refractivity contribution in [3.05, 3.63) is 82.8 Å². The van der Waals surface area contributed by atoms with Gasteiger partial charge in [0.2, 0.25) is 0 Å². The van der Waals surface area contributed by atoms with E-state index >= 15 is 0 Å². The molecule has 1 heterocycles. The number of nitrogens with one attached hydrogen (secondary N) is 1. The van der Waals surface area contributed by atoms with Crippen LogP contribution in [0.3, 0.4) is 0 Å². The van der Waals surface area contributed by atoms with Gasteiger partial charge in [0.05, 0.1) is 19.9 Å². The highest BCUT2D eigenvalue weighted by atomic mass is 35.5. The lowest BCUT2D eigenvalue weighted by molar-refractivity contribution is 0.280. The molecule has 138 valence electrons. The lowest BCUT2D eigenvalue weighted by atomic mass is 10.1.